The highest BCUT2D eigenvalue weighted by Gasteiger charge is 2.26. The number of aryl methyl sites for hydroxylation is 2. The second-order valence-electron chi connectivity index (χ2n) is 4.82. The molecule has 1 N–H and O–H groups in total. The summed E-state index contributed by atoms with van der Waals surface area (Å²) in [5, 5.41) is 4.21. The van der Waals surface area contributed by atoms with Crippen molar-refractivity contribution in [1.29, 1.82) is 0 Å². The lowest BCUT2D eigenvalue weighted by molar-refractivity contribution is 0.390. The fourth-order valence-electron chi connectivity index (χ4n) is 2.16. The Bertz CT molecular complexity index is 679. The zero-order valence-corrected chi connectivity index (χ0v) is 14.2. The van der Waals surface area contributed by atoms with Gasteiger partial charge in [-0.25, -0.2) is 13.1 Å². The number of nitrogens with one attached hydrogen (secondary N) is 1. The predicted molar refractivity (Wildman–Crippen MR) is 84.0 cm³/mol. The van der Waals surface area contributed by atoms with Gasteiger partial charge in [0.2, 0.25) is 10.0 Å². The van der Waals surface area contributed by atoms with E-state index in [1.54, 1.807) is 13.8 Å². The summed E-state index contributed by atoms with van der Waals surface area (Å²) in [6.45, 7) is 3.21. The van der Waals surface area contributed by atoms with Crippen molar-refractivity contribution in [1.82, 2.24) is 9.88 Å². The highest BCUT2D eigenvalue weighted by atomic mass is 79.9. The Labute approximate surface area is 132 Å². The predicted octanol–water partition coefficient (Wildman–Crippen LogP) is 2.58. The van der Waals surface area contributed by atoms with Crippen LogP contribution in [0.5, 0.6) is 0 Å². The van der Waals surface area contributed by atoms with Gasteiger partial charge in [0.15, 0.2) is 5.76 Å². The normalized spacial score (nSPS) is 13.3. The van der Waals surface area contributed by atoms with Crippen LogP contribution in [0.1, 0.15) is 17.0 Å². The summed E-state index contributed by atoms with van der Waals surface area (Å²) in [5.41, 5.74) is 1.44. The van der Waals surface area contributed by atoms with Crippen molar-refractivity contribution in [3.8, 4) is 0 Å². The summed E-state index contributed by atoms with van der Waals surface area (Å²) in [5.74, 6) is 0.299. The van der Waals surface area contributed by atoms with Crippen molar-refractivity contribution in [2.24, 2.45) is 0 Å². The van der Waals surface area contributed by atoms with E-state index in [1.807, 2.05) is 30.3 Å². The van der Waals surface area contributed by atoms with Gasteiger partial charge in [0, 0.05) is 11.4 Å². The van der Waals surface area contributed by atoms with Crippen LogP contribution >= 0.6 is 15.9 Å². The fourth-order valence-corrected chi connectivity index (χ4v) is 4.33. The minimum Gasteiger partial charge on any atom is -0.360 e. The van der Waals surface area contributed by atoms with Gasteiger partial charge in [0.1, 0.15) is 10.6 Å². The highest BCUT2D eigenvalue weighted by molar-refractivity contribution is 9.09. The summed E-state index contributed by atoms with van der Waals surface area (Å²) in [6, 6.07) is 9.50. The standard InChI is InChI=1S/C14H17BrN2O3S/c1-10-14(11(2)20-16-10)21(18,19)17-13(9-15)8-12-6-4-3-5-7-12/h3-7,13,17H,8-9H2,1-2H3. The molecule has 0 saturated heterocycles. The molecule has 0 bridgehead atoms. The van der Waals surface area contributed by atoms with E-state index in [0.717, 1.165) is 5.56 Å². The Morgan fingerprint density at radius 3 is 2.48 bits per heavy atom. The molecule has 0 saturated carbocycles. The molecule has 0 spiro atoms. The molecular formula is C14H17BrN2O3S. The number of rotatable bonds is 6. The highest BCUT2D eigenvalue weighted by Crippen LogP contribution is 2.19. The molecule has 1 atom stereocenters. The summed E-state index contributed by atoms with van der Waals surface area (Å²) in [6.07, 6.45) is 0.606. The van der Waals surface area contributed by atoms with Crippen LogP contribution in [0.25, 0.3) is 0 Å². The molecule has 1 aromatic heterocycles. The molecule has 0 aliphatic heterocycles. The van der Waals surface area contributed by atoms with E-state index < -0.39 is 10.0 Å². The molecule has 2 rings (SSSR count). The number of sulfonamides is 1. The van der Waals surface area contributed by atoms with Crippen LogP contribution < -0.4 is 4.72 Å². The van der Waals surface area contributed by atoms with E-state index in [-0.39, 0.29) is 10.9 Å². The molecule has 5 nitrogen and oxygen atoms in total. The number of alkyl halides is 1. The maximum absolute atomic E-state index is 12.5. The van der Waals surface area contributed by atoms with Gasteiger partial charge >= 0.3 is 0 Å². The average molecular weight is 373 g/mol. The van der Waals surface area contributed by atoms with E-state index in [9.17, 15) is 8.42 Å². The van der Waals surface area contributed by atoms with Gasteiger partial charge in [0.25, 0.3) is 0 Å². The summed E-state index contributed by atoms with van der Waals surface area (Å²) >= 11 is 3.36. The van der Waals surface area contributed by atoms with Crippen molar-refractivity contribution in [3.05, 3.63) is 47.3 Å². The lowest BCUT2D eigenvalue weighted by atomic mass is 10.1. The van der Waals surface area contributed by atoms with Crippen LogP contribution in [-0.4, -0.2) is 24.9 Å². The van der Waals surface area contributed by atoms with Crippen LogP contribution in [0.3, 0.4) is 0 Å². The van der Waals surface area contributed by atoms with Crippen LogP contribution in [0.15, 0.2) is 39.8 Å². The van der Waals surface area contributed by atoms with Gasteiger partial charge in [-0.3, -0.25) is 0 Å². The maximum Gasteiger partial charge on any atom is 0.246 e. The molecular weight excluding hydrogens is 356 g/mol. The Kier molecular flexibility index (Phi) is 5.18. The third-order valence-corrected chi connectivity index (χ3v) is 5.62. The number of aromatic nitrogens is 1. The molecule has 0 aliphatic rings. The zero-order chi connectivity index (χ0) is 15.5. The molecule has 1 aromatic carbocycles. The number of benzene rings is 1. The van der Waals surface area contributed by atoms with Gasteiger partial charge in [-0.2, -0.15) is 0 Å². The van der Waals surface area contributed by atoms with E-state index in [0.29, 0.717) is 23.2 Å². The van der Waals surface area contributed by atoms with Gasteiger partial charge in [-0.05, 0) is 25.8 Å². The van der Waals surface area contributed by atoms with Crippen molar-refractivity contribution >= 4 is 26.0 Å². The number of nitrogens with zero attached hydrogens (tertiary/aromatic N) is 1. The molecule has 0 fully saturated rings. The first-order chi connectivity index (χ1) is 9.94. The molecule has 1 unspecified atom stereocenters. The summed E-state index contributed by atoms with van der Waals surface area (Å²) < 4.78 is 32.6. The SMILES string of the molecule is Cc1noc(C)c1S(=O)(=O)NC(CBr)Cc1ccccc1. The molecule has 2 aromatic rings. The van der Waals surface area contributed by atoms with Crippen molar-refractivity contribution in [2.75, 3.05) is 5.33 Å². The van der Waals surface area contributed by atoms with Crippen molar-refractivity contribution < 1.29 is 12.9 Å². The molecule has 0 aliphatic carbocycles. The van der Waals surface area contributed by atoms with Crippen LogP contribution in [0, 0.1) is 13.8 Å². The number of hydrogen-bond acceptors (Lipinski definition) is 4. The zero-order valence-electron chi connectivity index (χ0n) is 11.8. The van der Waals surface area contributed by atoms with Crippen molar-refractivity contribution in [2.45, 2.75) is 31.2 Å². The smallest absolute Gasteiger partial charge is 0.246 e. The lowest BCUT2D eigenvalue weighted by Crippen LogP contribution is -2.38. The van der Waals surface area contributed by atoms with Crippen molar-refractivity contribution in [3.63, 3.8) is 0 Å². The number of hydrogen-bond donors (Lipinski definition) is 1. The Morgan fingerprint density at radius 2 is 1.95 bits per heavy atom. The first-order valence-corrected chi connectivity index (χ1v) is 9.09. The van der Waals surface area contributed by atoms with Crippen LogP contribution in [0.2, 0.25) is 0 Å². The third-order valence-electron chi connectivity index (χ3n) is 3.07. The first kappa shape index (κ1) is 16.2. The maximum atomic E-state index is 12.5. The van der Waals surface area contributed by atoms with Gasteiger partial charge in [-0.1, -0.05) is 51.4 Å². The van der Waals surface area contributed by atoms with E-state index in [1.165, 1.54) is 0 Å². The van der Waals surface area contributed by atoms with E-state index in [2.05, 4.69) is 25.8 Å². The Balaban J connectivity index is 2.18. The monoisotopic (exact) mass is 372 g/mol. The van der Waals surface area contributed by atoms with Crippen LogP contribution in [-0.2, 0) is 16.4 Å². The summed E-state index contributed by atoms with van der Waals surface area (Å²) in [7, 11) is -3.65. The number of halogens is 1. The second kappa shape index (κ2) is 6.72. The van der Waals surface area contributed by atoms with E-state index >= 15 is 0 Å². The molecule has 7 heteroatoms. The quantitative estimate of drug-likeness (QED) is 0.790. The summed E-state index contributed by atoms with van der Waals surface area (Å²) in [4.78, 5) is 0.126. The molecule has 1 heterocycles. The molecule has 0 radical (unpaired) electrons. The Hall–Kier alpha value is -1.18. The molecule has 114 valence electrons. The molecule has 0 amide bonds. The third kappa shape index (κ3) is 3.93. The minimum atomic E-state index is -3.65. The lowest BCUT2D eigenvalue weighted by Gasteiger charge is -2.16. The van der Waals surface area contributed by atoms with Gasteiger partial charge in [0.05, 0.1) is 0 Å². The van der Waals surface area contributed by atoms with Gasteiger partial charge in [-0.15, -0.1) is 0 Å². The minimum absolute atomic E-state index is 0.126. The van der Waals surface area contributed by atoms with E-state index in [4.69, 9.17) is 4.52 Å². The van der Waals surface area contributed by atoms with Gasteiger partial charge < -0.3 is 4.52 Å². The second-order valence-corrected chi connectivity index (χ2v) is 7.11. The topological polar surface area (TPSA) is 72.2 Å². The fraction of sp³-hybridized carbons (Fsp3) is 0.357. The average Bonchev–Trinajstić information content (AvgIpc) is 2.79. The first-order valence-electron chi connectivity index (χ1n) is 6.49. The van der Waals surface area contributed by atoms with Crippen LogP contribution in [0.4, 0.5) is 0 Å². The largest absolute Gasteiger partial charge is 0.360 e. The Morgan fingerprint density at radius 1 is 1.29 bits per heavy atom. The molecule has 21 heavy (non-hydrogen) atoms.